The highest BCUT2D eigenvalue weighted by Crippen LogP contribution is 2.38. The Morgan fingerprint density at radius 2 is 1.96 bits per heavy atom. The molecule has 1 saturated heterocycles. The van der Waals surface area contributed by atoms with Crippen molar-refractivity contribution in [3.63, 3.8) is 0 Å². The number of aromatic nitrogens is 2. The maximum atomic E-state index is 12.9. The van der Waals surface area contributed by atoms with E-state index < -0.39 is 0 Å². The van der Waals surface area contributed by atoms with Crippen molar-refractivity contribution in [3.8, 4) is 5.75 Å². The fourth-order valence-corrected chi connectivity index (χ4v) is 3.40. The van der Waals surface area contributed by atoms with Crippen LogP contribution in [0.15, 0.2) is 30.5 Å². The van der Waals surface area contributed by atoms with Crippen LogP contribution in [0.1, 0.15) is 46.2 Å². The fourth-order valence-electron chi connectivity index (χ4n) is 3.40. The predicted molar refractivity (Wildman–Crippen MR) is 103 cm³/mol. The maximum Gasteiger partial charge on any atom is 0.257 e. The number of nitrogens with zero attached hydrogens (tertiary/aromatic N) is 4. The molecule has 1 aromatic heterocycles. The van der Waals surface area contributed by atoms with Gasteiger partial charge in [0.15, 0.2) is 0 Å². The van der Waals surface area contributed by atoms with Crippen molar-refractivity contribution in [2.45, 2.75) is 32.2 Å². The van der Waals surface area contributed by atoms with Crippen molar-refractivity contribution in [1.29, 1.82) is 0 Å². The molecule has 0 N–H and O–H groups in total. The highest BCUT2D eigenvalue weighted by molar-refractivity contribution is 5.97. The molecule has 1 saturated carbocycles. The molecule has 1 aliphatic carbocycles. The van der Waals surface area contributed by atoms with Crippen LogP contribution in [0.4, 0.5) is 0 Å². The number of hydrogen-bond acceptors (Lipinski definition) is 5. The Kier molecular flexibility index (Phi) is 4.98. The van der Waals surface area contributed by atoms with Crippen LogP contribution in [0.5, 0.6) is 5.75 Å². The lowest BCUT2D eigenvalue weighted by molar-refractivity contribution is -0.135. The average molecular weight is 380 g/mol. The van der Waals surface area contributed by atoms with E-state index in [1.807, 2.05) is 31.2 Å². The van der Waals surface area contributed by atoms with E-state index in [2.05, 4.69) is 9.97 Å². The van der Waals surface area contributed by atoms with E-state index in [0.29, 0.717) is 36.8 Å². The van der Waals surface area contributed by atoms with Gasteiger partial charge in [0, 0.05) is 31.7 Å². The molecular formula is C21H24N4O3. The first-order valence-corrected chi connectivity index (χ1v) is 9.58. The van der Waals surface area contributed by atoms with E-state index in [0.717, 1.165) is 30.0 Å². The third-order valence-electron chi connectivity index (χ3n) is 5.31. The van der Waals surface area contributed by atoms with Gasteiger partial charge in [-0.25, -0.2) is 9.97 Å². The Balaban J connectivity index is 1.39. The highest BCUT2D eigenvalue weighted by Gasteiger charge is 2.30. The summed E-state index contributed by atoms with van der Waals surface area (Å²) in [4.78, 5) is 37.7. The second kappa shape index (κ2) is 7.58. The van der Waals surface area contributed by atoms with Gasteiger partial charge in [0.2, 0.25) is 5.91 Å². The summed E-state index contributed by atoms with van der Waals surface area (Å²) in [5.41, 5.74) is 2.21. The maximum absolute atomic E-state index is 12.9. The number of benzene rings is 1. The standard InChI is InChI=1S/C21H24N4O3/c1-14-18(11-22-20(23-14)16-5-6-16)21(27)25-10-9-24(19(26)13-25)12-15-3-7-17(28-2)8-4-15/h3-4,7-8,11,16H,5-6,9-10,12-13H2,1-2H3. The Hall–Kier alpha value is -2.96. The number of amides is 2. The van der Waals surface area contributed by atoms with E-state index in [1.54, 1.807) is 23.1 Å². The summed E-state index contributed by atoms with van der Waals surface area (Å²) in [7, 11) is 1.63. The minimum absolute atomic E-state index is 0.0522. The molecule has 0 atom stereocenters. The Labute approximate surface area is 164 Å². The lowest BCUT2D eigenvalue weighted by Gasteiger charge is -2.34. The van der Waals surface area contributed by atoms with E-state index in [1.165, 1.54) is 0 Å². The number of hydrogen-bond donors (Lipinski definition) is 0. The van der Waals surface area contributed by atoms with Crippen molar-refractivity contribution in [2.75, 3.05) is 26.7 Å². The lowest BCUT2D eigenvalue weighted by atomic mass is 10.1. The van der Waals surface area contributed by atoms with E-state index in [9.17, 15) is 9.59 Å². The van der Waals surface area contributed by atoms with Crippen LogP contribution in [0.3, 0.4) is 0 Å². The number of carbonyl (C=O) groups is 2. The second-order valence-corrected chi connectivity index (χ2v) is 7.39. The quantitative estimate of drug-likeness (QED) is 0.795. The van der Waals surface area contributed by atoms with Crippen LogP contribution in [-0.2, 0) is 11.3 Å². The summed E-state index contributed by atoms with van der Waals surface area (Å²) in [6.07, 6.45) is 3.86. The van der Waals surface area contributed by atoms with Gasteiger partial charge >= 0.3 is 0 Å². The number of piperazine rings is 1. The summed E-state index contributed by atoms with van der Waals surface area (Å²) in [6, 6.07) is 7.67. The number of ether oxygens (including phenoxy) is 1. The molecule has 2 heterocycles. The Bertz CT molecular complexity index is 893. The summed E-state index contributed by atoms with van der Waals surface area (Å²) in [5, 5.41) is 0. The number of methoxy groups -OCH3 is 1. The summed E-state index contributed by atoms with van der Waals surface area (Å²) in [5.74, 6) is 1.84. The van der Waals surface area contributed by atoms with Gasteiger partial charge in [0.05, 0.1) is 18.4 Å². The molecule has 0 radical (unpaired) electrons. The normalized spacial score (nSPS) is 17.0. The largest absolute Gasteiger partial charge is 0.497 e. The van der Waals surface area contributed by atoms with Crippen LogP contribution in [0.25, 0.3) is 0 Å². The molecule has 28 heavy (non-hydrogen) atoms. The van der Waals surface area contributed by atoms with Crippen LogP contribution < -0.4 is 4.74 Å². The molecule has 0 bridgehead atoms. The third kappa shape index (κ3) is 3.83. The van der Waals surface area contributed by atoms with E-state index in [-0.39, 0.29) is 18.4 Å². The molecule has 1 aromatic carbocycles. The van der Waals surface area contributed by atoms with Gasteiger partial charge in [-0.2, -0.15) is 0 Å². The van der Waals surface area contributed by atoms with Crippen molar-refractivity contribution in [3.05, 3.63) is 53.1 Å². The van der Waals surface area contributed by atoms with Gasteiger partial charge in [0.1, 0.15) is 18.1 Å². The van der Waals surface area contributed by atoms with E-state index in [4.69, 9.17) is 4.74 Å². The van der Waals surface area contributed by atoms with Crippen LogP contribution in [0, 0.1) is 6.92 Å². The van der Waals surface area contributed by atoms with Crippen LogP contribution in [0.2, 0.25) is 0 Å². The number of rotatable bonds is 5. The topological polar surface area (TPSA) is 75.6 Å². The second-order valence-electron chi connectivity index (χ2n) is 7.39. The van der Waals surface area contributed by atoms with Crippen LogP contribution in [-0.4, -0.2) is 58.3 Å². The van der Waals surface area contributed by atoms with Gasteiger partial charge in [-0.1, -0.05) is 12.1 Å². The lowest BCUT2D eigenvalue weighted by Crippen LogP contribution is -2.51. The molecule has 0 unspecified atom stereocenters. The number of carbonyl (C=O) groups excluding carboxylic acids is 2. The molecule has 1 aliphatic heterocycles. The molecule has 7 heteroatoms. The van der Waals surface area contributed by atoms with Crippen molar-refractivity contribution >= 4 is 11.8 Å². The minimum Gasteiger partial charge on any atom is -0.497 e. The first-order valence-electron chi connectivity index (χ1n) is 9.58. The molecule has 2 aliphatic rings. The van der Waals surface area contributed by atoms with Crippen molar-refractivity contribution in [1.82, 2.24) is 19.8 Å². The summed E-state index contributed by atoms with van der Waals surface area (Å²) < 4.78 is 5.16. The van der Waals surface area contributed by atoms with E-state index >= 15 is 0 Å². The zero-order valence-corrected chi connectivity index (χ0v) is 16.2. The smallest absolute Gasteiger partial charge is 0.257 e. The van der Waals surface area contributed by atoms with Gasteiger partial charge in [-0.05, 0) is 37.5 Å². The molecule has 4 rings (SSSR count). The SMILES string of the molecule is COc1ccc(CN2CCN(C(=O)c3cnc(C4CC4)nc3C)CC2=O)cc1. The zero-order chi connectivity index (χ0) is 19.7. The fraction of sp³-hybridized carbons (Fsp3) is 0.429. The summed E-state index contributed by atoms with van der Waals surface area (Å²) >= 11 is 0. The van der Waals surface area contributed by atoms with Gasteiger partial charge < -0.3 is 14.5 Å². The summed E-state index contributed by atoms with van der Waals surface area (Å²) in [6.45, 7) is 3.46. The van der Waals surface area contributed by atoms with Gasteiger partial charge in [-0.15, -0.1) is 0 Å². The zero-order valence-electron chi connectivity index (χ0n) is 16.2. The van der Waals surface area contributed by atoms with Gasteiger partial charge in [-0.3, -0.25) is 9.59 Å². The Morgan fingerprint density at radius 3 is 2.57 bits per heavy atom. The molecule has 146 valence electrons. The van der Waals surface area contributed by atoms with Gasteiger partial charge in [0.25, 0.3) is 5.91 Å². The molecule has 2 fully saturated rings. The average Bonchev–Trinajstić information content (AvgIpc) is 3.55. The van der Waals surface area contributed by atoms with Crippen molar-refractivity contribution < 1.29 is 14.3 Å². The molecule has 2 aromatic rings. The minimum atomic E-state index is -0.169. The van der Waals surface area contributed by atoms with Crippen LogP contribution >= 0.6 is 0 Å². The molecule has 7 nitrogen and oxygen atoms in total. The number of aryl methyl sites for hydroxylation is 1. The monoisotopic (exact) mass is 380 g/mol. The third-order valence-corrected chi connectivity index (χ3v) is 5.31. The highest BCUT2D eigenvalue weighted by atomic mass is 16.5. The first-order chi connectivity index (χ1) is 13.5. The molecule has 2 amide bonds. The molecular weight excluding hydrogens is 356 g/mol. The predicted octanol–water partition coefficient (Wildman–Crippen LogP) is 2.16. The molecule has 0 spiro atoms. The Morgan fingerprint density at radius 1 is 1.21 bits per heavy atom. The van der Waals surface area contributed by atoms with Crippen molar-refractivity contribution in [2.24, 2.45) is 0 Å². The first kappa shape index (κ1) is 18.4.